The maximum absolute atomic E-state index is 11.1. The van der Waals surface area contributed by atoms with Gasteiger partial charge in [0, 0.05) is 29.9 Å². The molecule has 1 fully saturated rings. The van der Waals surface area contributed by atoms with E-state index in [0.717, 1.165) is 19.4 Å². The molecule has 1 amide bonds. The van der Waals surface area contributed by atoms with Gasteiger partial charge < -0.3 is 10.6 Å². The maximum Gasteiger partial charge on any atom is 0.220 e. The molecule has 1 aliphatic heterocycles. The number of carbonyl (C=O) groups is 1. The molecule has 0 aliphatic carbocycles. The van der Waals surface area contributed by atoms with Crippen LogP contribution in [0.15, 0.2) is 17.5 Å². The number of rotatable bonds is 4. The first kappa shape index (κ1) is 11.6. The lowest BCUT2D eigenvalue weighted by atomic mass is 10.0. The minimum Gasteiger partial charge on any atom is -0.355 e. The van der Waals surface area contributed by atoms with E-state index in [-0.39, 0.29) is 5.91 Å². The summed E-state index contributed by atoms with van der Waals surface area (Å²) in [5.74, 6) is 0.183. The summed E-state index contributed by atoms with van der Waals surface area (Å²) < 4.78 is 0. The van der Waals surface area contributed by atoms with Crippen molar-refractivity contribution in [3.63, 3.8) is 0 Å². The van der Waals surface area contributed by atoms with Gasteiger partial charge in [-0.2, -0.15) is 0 Å². The molecular formula is C12H18N2OS. The second kappa shape index (κ2) is 5.46. The molecule has 0 spiro atoms. The summed E-state index contributed by atoms with van der Waals surface area (Å²) in [5, 5.41) is 8.65. The molecule has 16 heavy (non-hydrogen) atoms. The molecule has 1 aliphatic rings. The first-order valence-electron chi connectivity index (χ1n) is 5.85. The van der Waals surface area contributed by atoms with E-state index in [2.05, 4.69) is 35.1 Å². The summed E-state index contributed by atoms with van der Waals surface area (Å²) in [6.45, 7) is 2.96. The van der Waals surface area contributed by atoms with Crippen LogP contribution in [0.3, 0.4) is 0 Å². The number of carbonyl (C=O) groups excluding carboxylic acids is 1. The summed E-state index contributed by atoms with van der Waals surface area (Å²) in [4.78, 5) is 12.4. The van der Waals surface area contributed by atoms with Gasteiger partial charge in [-0.15, -0.1) is 11.3 Å². The van der Waals surface area contributed by atoms with Crippen molar-refractivity contribution in [2.24, 2.45) is 0 Å². The third-order valence-electron chi connectivity index (χ3n) is 3.00. The van der Waals surface area contributed by atoms with Gasteiger partial charge in [0.1, 0.15) is 0 Å². The fourth-order valence-corrected chi connectivity index (χ4v) is 2.92. The molecule has 2 heterocycles. The van der Waals surface area contributed by atoms with Crippen LogP contribution in [0.2, 0.25) is 0 Å². The van der Waals surface area contributed by atoms with Crippen molar-refractivity contribution < 1.29 is 4.79 Å². The van der Waals surface area contributed by atoms with Gasteiger partial charge >= 0.3 is 0 Å². The van der Waals surface area contributed by atoms with E-state index in [1.54, 1.807) is 11.3 Å². The summed E-state index contributed by atoms with van der Waals surface area (Å²) >= 11 is 1.79. The Labute approximate surface area is 100 Å². The minimum atomic E-state index is 0.183. The van der Waals surface area contributed by atoms with Gasteiger partial charge in [0.05, 0.1) is 0 Å². The number of thiophene rings is 1. The molecule has 2 rings (SSSR count). The zero-order valence-corrected chi connectivity index (χ0v) is 10.3. The van der Waals surface area contributed by atoms with Crippen LogP contribution in [0.5, 0.6) is 0 Å². The number of piperidine rings is 1. The normalized spacial score (nSPS) is 22.8. The zero-order valence-electron chi connectivity index (χ0n) is 9.53. The highest BCUT2D eigenvalue weighted by molar-refractivity contribution is 7.10. The average Bonchev–Trinajstić information content (AvgIpc) is 2.82. The lowest BCUT2D eigenvalue weighted by Gasteiger charge is -2.27. The van der Waals surface area contributed by atoms with E-state index < -0.39 is 0 Å². The Morgan fingerprint density at radius 3 is 3.12 bits per heavy atom. The molecule has 2 N–H and O–H groups in total. The standard InChI is InChI=1S/C12H18N2OS/c1-2-10(11-4-3-7-16-11)14-9-5-6-12(15)13-8-9/h3-4,7,9-10,14H,2,5-6,8H2,1H3,(H,13,15). The van der Waals surface area contributed by atoms with Gasteiger partial charge in [-0.3, -0.25) is 4.79 Å². The van der Waals surface area contributed by atoms with Crippen molar-refractivity contribution in [3.8, 4) is 0 Å². The Morgan fingerprint density at radius 2 is 2.56 bits per heavy atom. The average molecular weight is 238 g/mol. The molecule has 4 heteroatoms. The van der Waals surface area contributed by atoms with Crippen LogP contribution < -0.4 is 10.6 Å². The summed E-state index contributed by atoms with van der Waals surface area (Å²) in [6.07, 6.45) is 2.69. The summed E-state index contributed by atoms with van der Waals surface area (Å²) in [7, 11) is 0. The third kappa shape index (κ3) is 2.83. The van der Waals surface area contributed by atoms with Gasteiger partial charge in [0.2, 0.25) is 5.91 Å². The van der Waals surface area contributed by atoms with Gasteiger partial charge in [-0.1, -0.05) is 13.0 Å². The van der Waals surface area contributed by atoms with E-state index in [1.165, 1.54) is 4.88 Å². The van der Waals surface area contributed by atoms with Crippen LogP contribution in [0, 0.1) is 0 Å². The Kier molecular flexibility index (Phi) is 3.96. The molecule has 1 aromatic heterocycles. The van der Waals surface area contributed by atoms with E-state index >= 15 is 0 Å². The Hall–Kier alpha value is -0.870. The molecular weight excluding hydrogens is 220 g/mol. The molecule has 3 nitrogen and oxygen atoms in total. The Balaban J connectivity index is 1.90. The van der Waals surface area contributed by atoms with Gasteiger partial charge in [0.25, 0.3) is 0 Å². The molecule has 1 aromatic rings. The van der Waals surface area contributed by atoms with Crippen LogP contribution in [-0.2, 0) is 4.79 Å². The first-order valence-corrected chi connectivity index (χ1v) is 6.73. The Morgan fingerprint density at radius 1 is 1.69 bits per heavy atom. The van der Waals surface area contributed by atoms with Gasteiger partial charge in [0.15, 0.2) is 0 Å². The minimum absolute atomic E-state index is 0.183. The topological polar surface area (TPSA) is 41.1 Å². The van der Waals surface area contributed by atoms with E-state index in [4.69, 9.17) is 0 Å². The van der Waals surface area contributed by atoms with Gasteiger partial charge in [-0.25, -0.2) is 0 Å². The molecule has 0 aromatic carbocycles. The van der Waals surface area contributed by atoms with E-state index in [0.29, 0.717) is 18.5 Å². The second-order valence-electron chi connectivity index (χ2n) is 4.18. The number of amides is 1. The van der Waals surface area contributed by atoms with E-state index in [1.807, 2.05) is 0 Å². The highest BCUT2D eigenvalue weighted by Gasteiger charge is 2.21. The van der Waals surface area contributed by atoms with Crippen molar-refractivity contribution in [2.45, 2.75) is 38.3 Å². The number of hydrogen-bond donors (Lipinski definition) is 2. The molecule has 2 unspecified atom stereocenters. The van der Waals surface area contributed by atoms with Crippen LogP contribution in [0.4, 0.5) is 0 Å². The quantitative estimate of drug-likeness (QED) is 0.843. The van der Waals surface area contributed by atoms with Crippen molar-refractivity contribution in [1.82, 2.24) is 10.6 Å². The molecule has 88 valence electrons. The van der Waals surface area contributed by atoms with Crippen LogP contribution >= 0.6 is 11.3 Å². The van der Waals surface area contributed by atoms with Crippen LogP contribution in [0.25, 0.3) is 0 Å². The summed E-state index contributed by atoms with van der Waals surface area (Å²) in [5.41, 5.74) is 0. The van der Waals surface area contributed by atoms with Crippen molar-refractivity contribution in [3.05, 3.63) is 22.4 Å². The second-order valence-corrected chi connectivity index (χ2v) is 5.16. The van der Waals surface area contributed by atoms with Crippen molar-refractivity contribution in [2.75, 3.05) is 6.54 Å². The highest BCUT2D eigenvalue weighted by Crippen LogP contribution is 2.23. The fraction of sp³-hybridized carbons (Fsp3) is 0.583. The molecule has 2 atom stereocenters. The largest absolute Gasteiger partial charge is 0.355 e. The van der Waals surface area contributed by atoms with Crippen LogP contribution in [-0.4, -0.2) is 18.5 Å². The predicted molar refractivity (Wildman–Crippen MR) is 66.5 cm³/mol. The van der Waals surface area contributed by atoms with Gasteiger partial charge in [-0.05, 0) is 24.3 Å². The smallest absolute Gasteiger partial charge is 0.220 e. The lowest BCUT2D eigenvalue weighted by molar-refractivity contribution is -0.122. The monoisotopic (exact) mass is 238 g/mol. The maximum atomic E-state index is 11.1. The SMILES string of the molecule is CCC(NC1CCC(=O)NC1)c1cccs1. The zero-order chi connectivity index (χ0) is 11.4. The van der Waals surface area contributed by atoms with Crippen molar-refractivity contribution >= 4 is 17.2 Å². The molecule has 0 saturated carbocycles. The molecule has 1 saturated heterocycles. The fourth-order valence-electron chi connectivity index (χ4n) is 2.05. The van der Waals surface area contributed by atoms with Crippen molar-refractivity contribution in [1.29, 1.82) is 0 Å². The first-order chi connectivity index (χ1) is 7.79. The van der Waals surface area contributed by atoms with E-state index in [9.17, 15) is 4.79 Å². The number of nitrogens with one attached hydrogen (secondary N) is 2. The lowest BCUT2D eigenvalue weighted by Crippen LogP contribution is -2.46. The summed E-state index contributed by atoms with van der Waals surface area (Å²) in [6, 6.07) is 5.12. The molecule has 0 bridgehead atoms. The third-order valence-corrected chi connectivity index (χ3v) is 3.98. The predicted octanol–water partition coefficient (Wildman–Crippen LogP) is 2.07. The highest BCUT2D eigenvalue weighted by atomic mass is 32.1. The molecule has 0 radical (unpaired) electrons. The number of hydrogen-bond acceptors (Lipinski definition) is 3. The van der Waals surface area contributed by atoms with Crippen LogP contribution in [0.1, 0.15) is 37.1 Å². The Bertz CT molecular complexity index is 327.